The molecule has 3 aromatic rings. The molecular formula is C24H29Cl2N7O2. The largest absolute Gasteiger partial charge is 0.381 e. The van der Waals surface area contributed by atoms with E-state index in [2.05, 4.69) is 20.2 Å². The van der Waals surface area contributed by atoms with Crippen molar-refractivity contribution in [2.75, 3.05) is 23.8 Å². The number of aryl methyl sites for hydroxylation is 1. The standard InChI is InChI=1S/C24H29Cl2N7O2/c1-13-10-18(26)19(11-17(13)25)30-24-31-20-12-28-23(29-15-6-8-35-9-7-15)32-22(20)33(24)16-4-2-14(3-5-16)21(27)34/h10-12,14-16H,2-9H2,1H3,(H2,27,34)(H,30,31)(H,28,29,32). The van der Waals surface area contributed by atoms with E-state index in [1.165, 1.54) is 0 Å². The first-order chi connectivity index (χ1) is 16.9. The van der Waals surface area contributed by atoms with E-state index in [1.807, 2.05) is 13.0 Å². The molecule has 2 fully saturated rings. The van der Waals surface area contributed by atoms with Crippen LogP contribution in [0.5, 0.6) is 0 Å². The van der Waals surface area contributed by atoms with Crippen LogP contribution >= 0.6 is 23.2 Å². The van der Waals surface area contributed by atoms with Crippen LogP contribution in [0.25, 0.3) is 11.2 Å². The van der Waals surface area contributed by atoms with E-state index in [-0.39, 0.29) is 23.9 Å². The number of ether oxygens (including phenoxy) is 1. The SMILES string of the molecule is Cc1cc(Cl)c(Nc2nc3cnc(NC4CCOCC4)nc3n2C2CCC(C(N)=O)CC2)cc1Cl. The number of carbonyl (C=O) groups excluding carboxylic acids is 1. The summed E-state index contributed by atoms with van der Waals surface area (Å²) in [6.07, 6.45) is 6.62. The summed E-state index contributed by atoms with van der Waals surface area (Å²) < 4.78 is 7.57. The van der Waals surface area contributed by atoms with Gasteiger partial charge in [0.2, 0.25) is 17.8 Å². The first-order valence-corrected chi connectivity index (χ1v) is 12.8. The smallest absolute Gasteiger partial charge is 0.224 e. The second kappa shape index (κ2) is 10.2. The van der Waals surface area contributed by atoms with Crippen molar-refractivity contribution in [1.82, 2.24) is 19.5 Å². The van der Waals surface area contributed by atoms with E-state index >= 15 is 0 Å². The molecule has 0 atom stereocenters. The van der Waals surface area contributed by atoms with Crippen molar-refractivity contribution in [2.45, 2.75) is 57.5 Å². The Morgan fingerprint density at radius 3 is 2.54 bits per heavy atom. The molecule has 0 spiro atoms. The molecule has 1 aliphatic carbocycles. The minimum atomic E-state index is -0.233. The van der Waals surface area contributed by atoms with E-state index in [0.717, 1.165) is 62.9 Å². The lowest BCUT2D eigenvalue weighted by molar-refractivity contribution is -0.122. The number of carbonyl (C=O) groups is 1. The molecule has 1 amide bonds. The van der Waals surface area contributed by atoms with Crippen LogP contribution in [-0.4, -0.2) is 44.7 Å². The molecule has 1 saturated carbocycles. The number of nitrogens with two attached hydrogens (primary N) is 1. The van der Waals surface area contributed by atoms with Crippen molar-refractivity contribution >= 4 is 57.9 Å². The molecule has 0 unspecified atom stereocenters. The summed E-state index contributed by atoms with van der Waals surface area (Å²) >= 11 is 12.9. The van der Waals surface area contributed by atoms with Gasteiger partial charge in [-0.25, -0.2) is 9.97 Å². The summed E-state index contributed by atoms with van der Waals surface area (Å²) in [5.74, 6) is 0.855. The highest BCUT2D eigenvalue weighted by molar-refractivity contribution is 6.35. The summed E-state index contributed by atoms with van der Waals surface area (Å²) in [6.45, 7) is 3.37. The number of imidazole rings is 1. The van der Waals surface area contributed by atoms with Crippen molar-refractivity contribution in [3.05, 3.63) is 33.9 Å². The molecule has 0 bridgehead atoms. The Balaban J connectivity index is 1.51. The minimum absolute atomic E-state index is 0.0943. The predicted octanol–water partition coefficient (Wildman–Crippen LogP) is 4.99. The highest BCUT2D eigenvalue weighted by atomic mass is 35.5. The topological polar surface area (TPSA) is 120 Å². The van der Waals surface area contributed by atoms with Gasteiger partial charge in [0.05, 0.1) is 16.9 Å². The first kappa shape index (κ1) is 24.1. The summed E-state index contributed by atoms with van der Waals surface area (Å²) in [5.41, 5.74) is 8.54. The third kappa shape index (κ3) is 5.17. The Labute approximate surface area is 213 Å². The number of hydrogen-bond donors (Lipinski definition) is 3. The van der Waals surface area contributed by atoms with Crippen molar-refractivity contribution in [2.24, 2.45) is 11.7 Å². The van der Waals surface area contributed by atoms with Gasteiger partial charge in [-0.05, 0) is 63.1 Å². The Morgan fingerprint density at radius 2 is 1.83 bits per heavy atom. The average molecular weight is 518 g/mol. The van der Waals surface area contributed by atoms with Gasteiger partial charge in [-0.1, -0.05) is 23.2 Å². The van der Waals surface area contributed by atoms with E-state index < -0.39 is 0 Å². The summed E-state index contributed by atoms with van der Waals surface area (Å²) in [4.78, 5) is 25.9. The number of fused-ring (bicyclic) bond motifs is 1. The van der Waals surface area contributed by atoms with Gasteiger partial charge in [0.15, 0.2) is 5.65 Å². The van der Waals surface area contributed by atoms with Gasteiger partial charge in [-0.2, -0.15) is 4.98 Å². The highest BCUT2D eigenvalue weighted by Crippen LogP contribution is 2.38. The normalized spacial score (nSPS) is 21.2. The Kier molecular flexibility index (Phi) is 7.00. The molecule has 35 heavy (non-hydrogen) atoms. The lowest BCUT2D eigenvalue weighted by atomic mass is 9.85. The van der Waals surface area contributed by atoms with Gasteiger partial charge in [-0.3, -0.25) is 9.36 Å². The maximum absolute atomic E-state index is 11.7. The third-order valence-corrected chi connectivity index (χ3v) is 7.67. The van der Waals surface area contributed by atoms with Gasteiger partial charge in [0, 0.05) is 36.2 Å². The molecule has 2 aromatic heterocycles. The Hall–Kier alpha value is -2.62. The van der Waals surface area contributed by atoms with Crippen LogP contribution in [0.15, 0.2) is 18.3 Å². The lowest BCUT2D eigenvalue weighted by Gasteiger charge is -2.29. The first-order valence-electron chi connectivity index (χ1n) is 12.0. The number of hydrogen-bond acceptors (Lipinski definition) is 7. The molecule has 4 N–H and O–H groups in total. The zero-order chi connectivity index (χ0) is 24.5. The molecule has 11 heteroatoms. The van der Waals surface area contributed by atoms with E-state index in [1.54, 1.807) is 12.3 Å². The average Bonchev–Trinajstić information content (AvgIpc) is 3.20. The number of primary amides is 1. The second-order valence-electron chi connectivity index (χ2n) is 9.35. The van der Waals surface area contributed by atoms with Crippen molar-refractivity contribution in [3.63, 3.8) is 0 Å². The van der Waals surface area contributed by atoms with Gasteiger partial charge in [0.1, 0.15) is 5.52 Å². The van der Waals surface area contributed by atoms with Gasteiger partial charge < -0.3 is 21.1 Å². The molecule has 2 aliphatic rings. The van der Waals surface area contributed by atoms with Crippen LogP contribution in [-0.2, 0) is 9.53 Å². The van der Waals surface area contributed by atoms with Crippen LogP contribution < -0.4 is 16.4 Å². The quantitative estimate of drug-likeness (QED) is 0.420. The number of nitrogens with zero attached hydrogens (tertiary/aromatic N) is 4. The summed E-state index contributed by atoms with van der Waals surface area (Å²) in [5, 5.41) is 7.98. The molecule has 0 radical (unpaired) electrons. The highest BCUT2D eigenvalue weighted by Gasteiger charge is 2.29. The fourth-order valence-corrected chi connectivity index (χ4v) is 5.33. The van der Waals surface area contributed by atoms with E-state index in [0.29, 0.717) is 33.1 Å². The third-order valence-electron chi connectivity index (χ3n) is 6.95. The monoisotopic (exact) mass is 517 g/mol. The zero-order valence-corrected chi connectivity index (χ0v) is 21.1. The number of nitrogens with one attached hydrogen (secondary N) is 2. The molecule has 3 heterocycles. The van der Waals surface area contributed by atoms with E-state index in [4.69, 9.17) is 43.6 Å². The maximum Gasteiger partial charge on any atom is 0.224 e. The van der Waals surface area contributed by atoms with Gasteiger partial charge >= 0.3 is 0 Å². The fourth-order valence-electron chi connectivity index (χ4n) is 4.90. The number of aromatic nitrogens is 4. The molecule has 1 aromatic carbocycles. The number of amides is 1. The van der Waals surface area contributed by atoms with Gasteiger partial charge in [-0.15, -0.1) is 0 Å². The second-order valence-corrected chi connectivity index (χ2v) is 10.2. The minimum Gasteiger partial charge on any atom is -0.381 e. The van der Waals surface area contributed by atoms with E-state index in [9.17, 15) is 4.79 Å². The molecule has 5 rings (SSSR count). The van der Waals surface area contributed by atoms with Crippen molar-refractivity contribution in [3.8, 4) is 0 Å². The predicted molar refractivity (Wildman–Crippen MR) is 137 cm³/mol. The Morgan fingerprint density at radius 1 is 1.09 bits per heavy atom. The number of halogens is 2. The maximum atomic E-state index is 11.7. The molecular weight excluding hydrogens is 489 g/mol. The summed E-state index contributed by atoms with van der Waals surface area (Å²) in [7, 11) is 0. The lowest BCUT2D eigenvalue weighted by Crippen LogP contribution is -2.29. The molecule has 9 nitrogen and oxygen atoms in total. The van der Waals surface area contributed by atoms with Crippen LogP contribution in [0.1, 0.15) is 50.1 Å². The van der Waals surface area contributed by atoms with Crippen LogP contribution in [0, 0.1) is 12.8 Å². The molecule has 1 aliphatic heterocycles. The van der Waals surface area contributed by atoms with Crippen LogP contribution in [0.3, 0.4) is 0 Å². The fraction of sp³-hybridized carbons (Fsp3) is 0.500. The molecule has 186 valence electrons. The number of anilines is 3. The van der Waals surface area contributed by atoms with Crippen LogP contribution in [0.4, 0.5) is 17.6 Å². The number of benzene rings is 1. The van der Waals surface area contributed by atoms with Gasteiger partial charge in [0.25, 0.3) is 0 Å². The number of rotatable bonds is 6. The van der Waals surface area contributed by atoms with Crippen molar-refractivity contribution in [1.29, 1.82) is 0 Å². The molecule has 1 saturated heterocycles. The van der Waals surface area contributed by atoms with Crippen LogP contribution in [0.2, 0.25) is 10.0 Å². The zero-order valence-electron chi connectivity index (χ0n) is 19.6. The Bertz CT molecular complexity index is 1230. The van der Waals surface area contributed by atoms with Crippen molar-refractivity contribution < 1.29 is 9.53 Å². The summed E-state index contributed by atoms with van der Waals surface area (Å²) in [6, 6.07) is 4.00.